The summed E-state index contributed by atoms with van der Waals surface area (Å²) in [5.41, 5.74) is -0.274. The normalized spacial score (nSPS) is 13.6. The van der Waals surface area contributed by atoms with E-state index in [1.807, 2.05) is 0 Å². The molecule has 1 atom stereocenters. The Morgan fingerprint density at radius 1 is 1.43 bits per heavy atom. The lowest BCUT2D eigenvalue weighted by Gasteiger charge is -2.11. The smallest absolute Gasteiger partial charge is 0.340 e. The Kier molecular flexibility index (Phi) is 4.86. The van der Waals surface area contributed by atoms with Crippen LogP contribution in [0.4, 0.5) is 0 Å². The molecule has 0 aliphatic carbocycles. The second kappa shape index (κ2) is 5.39. The van der Waals surface area contributed by atoms with E-state index in [2.05, 4.69) is 0 Å². The number of aliphatic carboxylic acids is 1. The van der Waals surface area contributed by atoms with E-state index < -0.39 is 17.9 Å². The van der Waals surface area contributed by atoms with Crippen molar-refractivity contribution in [2.24, 2.45) is 0 Å². The molecule has 14 heavy (non-hydrogen) atoms. The lowest BCUT2D eigenvalue weighted by Crippen LogP contribution is -2.26. The number of rotatable bonds is 5. The lowest BCUT2D eigenvalue weighted by atomic mass is 10.1. The summed E-state index contributed by atoms with van der Waals surface area (Å²) in [7, 11) is 4.65. The number of hydrogen-bond donors (Lipinski definition) is 1. The molecular formula is C9H15NO4. The Bertz CT molecular complexity index is 258. The molecule has 5 heteroatoms. The van der Waals surface area contributed by atoms with E-state index in [4.69, 9.17) is 9.84 Å². The molecule has 0 saturated heterocycles. The van der Waals surface area contributed by atoms with Crippen LogP contribution in [0, 0.1) is 0 Å². The molecule has 0 aliphatic heterocycles. The van der Waals surface area contributed by atoms with Gasteiger partial charge < -0.3 is 14.7 Å². The first-order valence-electron chi connectivity index (χ1n) is 4.08. The highest BCUT2D eigenvalue weighted by Crippen LogP contribution is 2.04. The first-order valence-corrected chi connectivity index (χ1v) is 4.08. The first kappa shape index (κ1) is 12.6. The maximum Gasteiger partial charge on any atom is 0.340 e. The van der Waals surface area contributed by atoms with Crippen molar-refractivity contribution in [1.82, 2.24) is 4.90 Å². The van der Waals surface area contributed by atoms with Crippen LogP contribution in [-0.4, -0.2) is 49.1 Å². The zero-order chi connectivity index (χ0) is 11.3. The molecule has 0 radical (unpaired) electrons. The minimum absolute atomic E-state index is 0.274. The number of carbonyl (C=O) groups is 2. The fraction of sp³-hybridized carbons (Fsp3) is 0.556. The standard InChI is InChI=1S/C9H15NO4/c1-6(14-4)8(11)7(9(12)13)5-10(2)3/h5-6H,1-4H3,(H,12,13)/b7-5-. The van der Waals surface area contributed by atoms with Crippen molar-refractivity contribution in [2.75, 3.05) is 21.2 Å². The molecule has 0 fully saturated rings. The molecule has 0 amide bonds. The summed E-state index contributed by atoms with van der Waals surface area (Å²) in [6.07, 6.45) is 0.525. The van der Waals surface area contributed by atoms with Gasteiger partial charge in [0.15, 0.2) is 5.78 Å². The van der Waals surface area contributed by atoms with Crippen molar-refractivity contribution in [1.29, 1.82) is 0 Å². The Morgan fingerprint density at radius 3 is 2.21 bits per heavy atom. The summed E-state index contributed by atoms with van der Waals surface area (Å²) in [6, 6.07) is 0. The molecule has 0 rings (SSSR count). The summed E-state index contributed by atoms with van der Waals surface area (Å²) in [4.78, 5) is 23.7. The van der Waals surface area contributed by atoms with Gasteiger partial charge in [-0.3, -0.25) is 4.79 Å². The highest BCUT2D eigenvalue weighted by molar-refractivity contribution is 6.18. The van der Waals surface area contributed by atoms with Gasteiger partial charge in [0, 0.05) is 27.4 Å². The van der Waals surface area contributed by atoms with Crippen LogP contribution < -0.4 is 0 Å². The monoisotopic (exact) mass is 201 g/mol. The van der Waals surface area contributed by atoms with Crippen LogP contribution in [0.3, 0.4) is 0 Å². The fourth-order valence-corrected chi connectivity index (χ4v) is 0.808. The van der Waals surface area contributed by atoms with Gasteiger partial charge >= 0.3 is 5.97 Å². The second-order valence-corrected chi connectivity index (χ2v) is 3.05. The summed E-state index contributed by atoms with van der Waals surface area (Å²) in [5.74, 6) is -1.78. The van der Waals surface area contributed by atoms with Crippen LogP contribution in [0.1, 0.15) is 6.92 Å². The average molecular weight is 201 g/mol. The first-order chi connectivity index (χ1) is 6.40. The number of hydrogen-bond acceptors (Lipinski definition) is 4. The Morgan fingerprint density at radius 2 is 1.93 bits per heavy atom. The molecule has 0 aromatic rings. The van der Waals surface area contributed by atoms with E-state index in [0.29, 0.717) is 0 Å². The molecule has 0 aliphatic rings. The summed E-state index contributed by atoms with van der Waals surface area (Å²) in [6.45, 7) is 1.51. The predicted octanol–water partition coefficient (Wildman–Crippen LogP) is 0.120. The van der Waals surface area contributed by atoms with Crippen molar-refractivity contribution in [3.05, 3.63) is 11.8 Å². The molecule has 0 heterocycles. The van der Waals surface area contributed by atoms with Gasteiger partial charge in [-0.15, -0.1) is 0 Å². The maximum absolute atomic E-state index is 11.5. The third-order valence-corrected chi connectivity index (χ3v) is 1.61. The SMILES string of the molecule is COC(C)C(=O)/C(=C/N(C)C)C(=O)O. The van der Waals surface area contributed by atoms with Gasteiger partial charge in [-0.1, -0.05) is 0 Å². The Labute approximate surface area is 83.0 Å². The van der Waals surface area contributed by atoms with E-state index in [9.17, 15) is 9.59 Å². The van der Waals surface area contributed by atoms with Gasteiger partial charge in [0.25, 0.3) is 0 Å². The van der Waals surface area contributed by atoms with Gasteiger partial charge in [0.05, 0.1) is 0 Å². The average Bonchev–Trinajstić information content (AvgIpc) is 2.11. The highest BCUT2D eigenvalue weighted by atomic mass is 16.5. The number of carboxylic acid groups (broad SMARTS) is 1. The third-order valence-electron chi connectivity index (χ3n) is 1.61. The lowest BCUT2D eigenvalue weighted by molar-refractivity contribution is -0.136. The number of carboxylic acids is 1. The Hall–Kier alpha value is -1.36. The van der Waals surface area contributed by atoms with Crippen LogP contribution in [0.25, 0.3) is 0 Å². The summed E-state index contributed by atoms with van der Waals surface area (Å²) < 4.78 is 4.75. The molecule has 0 saturated carbocycles. The molecule has 0 aromatic carbocycles. The fourth-order valence-electron chi connectivity index (χ4n) is 0.808. The van der Waals surface area contributed by atoms with E-state index in [1.54, 1.807) is 14.1 Å². The summed E-state index contributed by atoms with van der Waals surface area (Å²) in [5, 5.41) is 8.77. The molecule has 0 spiro atoms. The quantitative estimate of drug-likeness (QED) is 0.389. The minimum atomic E-state index is -1.24. The van der Waals surface area contributed by atoms with Gasteiger partial charge in [0.2, 0.25) is 0 Å². The Balaban J connectivity index is 4.85. The van der Waals surface area contributed by atoms with Crippen LogP contribution in [-0.2, 0) is 14.3 Å². The van der Waals surface area contributed by atoms with Gasteiger partial charge in [-0.2, -0.15) is 0 Å². The van der Waals surface area contributed by atoms with E-state index >= 15 is 0 Å². The van der Waals surface area contributed by atoms with Crippen LogP contribution >= 0.6 is 0 Å². The minimum Gasteiger partial charge on any atom is -0.478 e. The van der Waals surface area contributed by atoms with Crippen LogP contribution in [0.5, 0.6) is 0 Å². The molecule has 5 nitrogen and oxygen atoms in total. The molecular weight excluding hydrogens is 186 g/mol. The maximum atomic E-state index is 11.5. The molecule has 1 unspecified atom stereocenters. The number of carbonyl (C=O) groups excluding carboxylic acids is 1. The zero-order valence-corrected chi connectivity index (χ0v) is 8.77. The van der Waals surface area contributed by atoms with Gasteiger partial charge in [-0.25, -0.2) is 4.79 Å². The van der Waals surface area contributed by atoms with Crippen molar-refractivity contribution >= 4 is 11.8 Å². The third kappa shape index (κ3) is 3.57. The van der Waals surface area contributed by atoms with E-state index in [-0.39, 0.29) is 5.57 Å². The van der Waals surface area contributed by atoms with Gasteiger partial charge in [-0.05, 0) is 6.92 Å². The molecule has 0 bridgehead atoms. The van der Waals surface area contributed by atoms with Crippen LogP contribution in [0.2, 0.25) is 0 Å². The molecule has 80 valence electrons. The summed E-state index contributed by atoms with van der Waals surface area (Å²) >= 11 is 0. The molecule has 0 aromatic heterocycles. The van der Waals surface area contributed by atoms with Crippen molar-refractivity contribution in [3.63, 3.8) is 0 Å². The zero-order valence-electron chi connectivity index (χ0n) is 8.77. The van der Waals surface area contributed by atoms with Crippen LogP contribution in [0.15, 0.2) is 11.8 Å². The number of nitrogens with zero attached hydrogens (tertiary/aromatic N) is 1. The predicted molar refractivity (Wildman–Crippen MR) is 50.9 cm³/mol. The van der Waals surface area contributed by atoms with Crippen molar-refractivity contribution in [3.8, 4) is 0 Å². The largest absolute Gasteiger partial charge is 0.478 e. The second-order valence-electron chi connectivity index (χ2n) is 3.05. The topological polar surface area (TPSA) is 66.8 Å². The number of methoxy groups -OCH3 is 1. The number of ketones is 1. The van der Waals surface area contributed by atoms with Crippen molar-refractivity contribution in [2.45, 2.75) is 13.0 Å². The van der Waals surface area contributed by atoms with Crippen molar-refractivity contribution < 1.29 is 19.4 Å². The van der Waals surface area contributed by atoms with E-state index in [0.717, 1.165) is 0 Å². The van der Waals surface area contributed by atoms with Gasteiger partial charge in [0.1, 0.15) is 11.7 Å². The highest BCUT2D eigenvalue weighted by Gasteiger charge is 2.23. The number of Topliss-reactive ketones (excluding diaryl/α,β-unsaturated/α-hetero) is 1. The number of ether oxygens (including phenoxy) is 1. The molecule has 1 N–H and O–H groups in total. The van der Waals surface area contributed by atoms with E-state index in [1.165, 1.54) is 25.1 Å².